The Bertz CT molecular complexity index is 825. The van der Waals surface area contributed by atoms with Crippen LogP contribution in [0.4, 0.5) is 0 Å². The molecule has 0 aliphatic heterocycles. The van der Waals surface area contributed by atoms with Gasteiger partial charge in [0, 0.05) is 24.1 Å². The van der Waals surface area contributed by atoms with Crippen LogP contribution < -0.4 is 5.56 Å². The first-order chi connectivity index (χ1) is 10.8. The molecular weight excluding hydrogens is 276 g/mol. The minimum absolute atomic E-state index is 0.0757. The number of nitrogens with zero attached hydrogens (tertiary/aromatic N) is 2. The summed E-state index contributed by atoms with van der Waals surface area (Å²) in [6.45, 7) is 0.651. The zero-order valence-electron chi connectivity index (χ0n) is 12.3. The number of rotatable bonds is 5. The van der Waals surface area contributed by atoms with E-state index in [9.17, 15) is 4.79 Å². The molecule has 1 heterocycles. The van der Waals surface area contributed by atoms with E-state index in [0.29, 0.717) is 18.4 Å². The summed E-state index contributed by atoms with van der Waals surface area (Å²) in [5.41, 5.74) is 1.74. The Morgan fingerprint density at radius 3 is 2.32 bits per heavy atom. The predicted molar refractivity (Wildman–Crippen MR) is 87.8 cm³/mol. The average Bonchev–Trinajstić information content (AvgIpc) is 2.58. The van der Waals surface area contributed by atoms with E-state index in [4.69, 9.17) is 5.11 Å². The van der Waals surface area contributed by atoms with Crippen LogP contribution in [0.5, 0.6) is 0 Å². The topological polar surface area (TPSA) is 55.1 Å². The van der Waals surface area contributed by atoms with Crippen LogP contribution in [-0.4, -0.2) is 21.5 Å². The highest BCUT2D eigenvalue weighted by Gasteiger charge is 2.11. The van der Waals surface area contributed by atoms with E-state index < -0.39 is 0 Å². The van der Waals surface area contributed by atoms with Crippen molar-refractivity contribution in [1.82, 2.24) is 9.78 Å². The summed E-state index contributed by atoms with van der Waals surface area (Å²) in [4.78, 5) is 12.5. The van der Waals surface area contributed by atoms with Gasteiger partial charge in [0.1, 0.15) is 0 Å². The number of aromatic nitrogens is 2. The molecule has 0 aliphatic carbocycles. The molecule has 1 aromatic heterocycles. The Balaban J connectivity index is 2.18. The maximum atomic E-state index is 12.5. The molecule has 4 heteroatoms. The van der Waals surface area contributed by atoms with Gasteiger partial charge in [-0.3, -0.25) is 4.79 Å². The standard InChI is InChI=1S/C18H18N2O2/c21-13-7-6-12-20-18(22)16-11-5-4-10-15(16)17(19-20)14-8-2-1-3-9-14/h1-5,8-11,21H,6-7,12-13H2. The minimum Gasteiger partial charge on any atom is -0.396 e. The third-order valence-electron chi connectivity index (χ3n) is 3.69. The van der Waals surface area contributed by atoms with Gasteiger partial charge in [-0.1, -0.05) is 48.5 Å². The molecule has 0 amide bonds. The molecule has 0 saturated heterocycles. The molecular formula is C18H18N2O2. The number of aryl methyl sites for hydroxylation is 1. The molecule has 0 saturated carbocycles. The van der Waals surface area contributed by atoms with Crippen LogP contribution in [0.3, 0.4) is 0 Å². The normalized spacial score (nSPS) is 11.0. The molecule has 4 nitrogen and oxygen atoms in total. The highest BCUT2D eigenvalue weighted by molar-refractivity contribution is 5.93. The highest BCUT2D eigenvalue weighted by atomic mass is 16.2. The lowest BCUT2D eigenvalue weighted by atomic mass is 10.1. The van der Waals surface area contributed by atoms with E-state index in [0.717, 1.165) is 23.1 Å². The number of unbranched alkanes of at least 4 members (excludes halogenated alkanes) is 1. The minimum atomic E-state index is -0.0757. The lowest BCUT2D eigenvalue weighted by Gasteiger charge is -2.11. The second kappa shape index (κ2) is 6.54. The second-order valence-electron chi connectivity index (χ2n) is 5.22. The quantitative estimate of drug-likeness (QED) is 0.736. The van der Waals surface area contributed by atoms with Gasteiger partial charge in [-0.05, 0) is 18.9 Å². The number of aliphatic hydroxyl groups is 1. The van der Waals surface area contributed by atoms with Crippen molar-refractivity contribution in [2.45, 2.75) is 19.4 Å². The maximum absolute atomic E-state index is 12.5. The molecule has 0 atom stereocenters. The van der Waals surface area contributed by atoms with E-state index in [2.05, 4.69) is 5.10 Å². The predicted octanol–water partition coefficient (Wildman–Crippen LogP) is 2.84. The summed E-state index contributed by atoms with van der Waals surface area (Å²) in [7, 11) is 0. The molecule has 0 fully saturated rings. The summed E-state index contributed by atoms with van der Waals surface area (Å²) < 4.78 is 1.51. The number of hydrogen-bond donors (Lipinski definition) is 1. The molecule has 0 unspecified atom stereocenters. The van der Waals surface area contributed by atoms with Crippen molar-refractivity contribution in [2.24, 2.45) is 0 Å². The lowest BCUT2D eigenvalue weighted by Crippen LogP contribution is -2.24. The number of benzene rings is 2. The van der Waals surface area contributed by atoms with Crippen LogP contribution in [0, 0.1) is 0 Å². The molecule has 1 N–H and O–H groups in total. The third kappa shape index (κ3) is 2.78. The first kappa shape index (κ1) is 14.5. The Morgan fingerprint density at radius 2 is 1.59 bits per heavy atom. The van der Waals surface area contributed by atoms with Crippen LogP contribution >= 0.6 is 0 Å². The largest absolute Gasteiger partial charge is 0.396 e. The van der Waals surface area contributed by atoms with Gasteiger partial charge in [0.2, 0.25) is 0 Å². The van der Waals surface area contributed by atoms with Gasteiger partial charge in [-0.2, -0.15) is 5.10 Å². The van der Waals surface area contributed by atoms with E-state index in [1.807, 2.05) is 54.6 Å². The molecule has 2 aromatic carbocycles. The van der Waals surface area contributed by atoms with Crippen LogP contribution in [0.2, 0.25) is 0 Å². The van der Waals surface area contributed by atoms with Gasteiger partial charge >= 0.3 is 0 Å². The van der Waals surface area contributed by atoms with Gasteiger partial charge in [-0.25, -0.2) is 4.68 Å². The summed E-state index contributed by atoms with van der Waals surface area (Å²) in [6.07, 6.45) is 1.40. The van der Waals surface area contributed by atoms with E-state index >= 15 is 0 Å². The van der Waals surface area contributed by atoms with Crippen molar-refractivity contribution in [3.8, 4) is 11.3 Å². The van der Waals surface area contributed by atoms with Crippen LogP contribution in [0.15, 0.2) is 59.4 Å². The van der Waals surface area contributed by atoms with Gasteiger partial charge in [0.25, 0.3) is 5.56 Å². The molecule has 3 aromatic rings. The summed E-state index contributed by atoms with van der Waals surface area (Å²) in [5, 5.41) is 15.0. The Hall–Kier alpha value is -2.46. The van der Waals surface area contributed by atoms with Crippen LogP contribution in [-0.2, 0) is 6.54 Å². The molecule has 22 heavy (non-hydrogen) atoms. The molecule has 3 rings (SSSR count). The van der Waals surface area contributed by atoms with Gasteiger partial charge in [0.05, 0.1) is 11.1 Å². The second-order valence-corrected chi connectivity index (χ2v) is 5.22. The van der Waals surface area contributed by atoms with Crippen molar-refractivity contribution in [2.75, 3.05) is 6.61 Å². The van der Waals surface area contributed by atoms with E-state index in [-0.39, 0.29) is 12.2 Å². The van der Waals surface area contributed by atoms with E-state index in [1.54, 1.807) is 0 Å². The zero-order valence-corrected chi connectivity index (χ0v) is 12.3. The van der Waals surface area contributed by atoms with Crippen molar-refractivity contribution in [3.63, 3.8) is 0 Å². The molecule has 0 radical (unpaired) electrons. The van der Waals surface area contributed by atoms with Crippen molar-refractivity contribution in [1.29, 1.82) is 0 Å². The zero-order chi connectivity index (χ0) is 15.4. The molecule has 0 bridgehead atoms. The molecule has 0 spiro atoms. The van der Waals surface area contributed by atoms with Crippen LogP contribution in [0.1, 0.15) is 12.8 Å². The Kier molecular flexibility index (Phi) is 4.30. The highest BCUT2D eigenvalue weighted by Crippen LogP contribution is 2.24. The summed E-state index contributed by atoms with van der Waals surface area (Å²) in [5.74, 6) is 0. The number of fused-ring (bicyclic) bond motifs is 1. The summed E-state index contributed by atoms with van der Waals surface area (Å²) >= 11 is 0. The summed E-state index contributed by atoms with van der Waals surface area (Å²) in [6, 6.07) is 17.5. The first-order valence-corrected chi connectivity index (χ1v) is 7.47. The van der Waals surface area contributed by atoms with E-state index in [1.165, 1.54) is 4.68 Å². The van der Waals surface area contributed by atoms with Crippen molar-refractivity contribution >= 4 is 10.8 Å². The monoisotopic (exact) mass is 294 g/mol. The first-order valence-electron chi connectivity index (χ1n) is 7.47. The van der Waals surface area contributed by atoms with Crippen LogP contribution in [0.25, 0.3) is 22.0 Å². The fourth-order valence-corrected chi connectivity index (χ4v) is 2.57. The maximum Gasteiger partial charge on any atom is 0.274 e. The van der Waals surface area contributed by atoms with Gasteiger partial charge in [-0.15, -0.1) is 0 Å². The third-order valence-corrected chi connectivity index (χ3v) is 3.69. The Labute approximate surface area is 128 Å². The fourth-order valence-electron chi connectivity index (χ4n) is 2.57. The Morgan fingerprint density at radius 1 is 0.909 bits per heavy atom. The number of hydrogen-bond acceptors (Lipinski definition) is 3. The average molecular weight is 294 g/mol. The van der Waals surface area contributed by atoms with Gasteiger partial charge in [0.15, 0.2) is 0 Å². The smallest absolute Gasteiger partial charge is 0.274 e. The molecule has 112 valence electrons. The van der Waals surface area contributed by atoms with Gasteiger partial charge < -0.3 is 5.11 Å². The molecule has 0 aliphatic rings. The SMILES string of the molecule is O=c1c2ccccc2c(-c2ccccc2)nn1CCCCO. The van der Waals surface area contributed by atoms with Crippen molar-refractivity contribution < 1.29 is 5.11 Å². The van der Waals surface area contributed by atoms with Crippen molar-refractivity contribution in [3.05, 3.63) is 65.0 Å². The number of aliphatic hydroxyl groups excluding tert-OH is 1. The lowest BCUT2D eigenvalue weighted by molar-refractivity contribution is 0.279. The fraction of sp³-hybridized carbons (Fsp3) is 0.222.